The third-order valence-electron chi connectivity index (χ3n) is 5.68. The Balaban J connectivity index is 0.00000480. The van der Waals surface area contributed by atoms with Gasteiger partial charge in [-0.05, 0) is 26.3 Å². The number of rotatable bonds is 14. The van der Waals surface area contributed by atoms with E-state index in [1.54, 1.807) is 0 Å². The van der Waals surface area contributed by atoms with Gasteiger partial charge < -0.3 is 19.9 Å². The number of unbranched alkanes of at least 4 members (excludes halogenated alkanes) is 6. The molecule has 0 atom stereocenters. The zero-order valence-corrected chi connectivity index (χ0v) is 22.2. The number of nitrogens with zero attached hydrogens (tertiary/aromatic N) is 5. The number of guanidine groups is 1. The summed E-state index contributed by atoms with van der Waals surface area (Å²) in [5, 5.41) is 15.4. The van der Waals surface area contributed by atoms with E-state index in [2.05, 4.69) is 32.7 Å². The van der Waals surface area contributed by atoms with Crippen LogP contribution in [0, 0.1) is 6.92 Å². The van der Waals surface area contributed by atoms with Crippen LogP contribution in [0.4, 0.5) is 0 Å². The largest absolute Gasteiger partial charge is 0.379 e. The lowest BCUT2D eigenvalue weighted by molar-refractivity contribution is 0.0376. The lowest BCUT2D eigenvalue weighted by atomic mass is 10.1. The maximum absolute atomic E-state index is 5.42. The molecule has 8 nitrogen and oxygen atoms in total. The first-order chi connectivity index (χ1) is 14.7. The van der Waals surface area contributed by atoms with E-state index in [1.165, 1.54) is 44.9 Å². The molecule has 0 saturated carbocycles. The number of hydrogen-bond acceptors (Lipinski definition) is 5. The van der Waals surface area contributed by atoms with Crippen molar-refractivity contribution in [2.45, 2.75) is 71.8 Å². The molecule has 1 saturated heterocycles. The number of aromatic nitrogens is 3. The molecule has 0 radical (unpaired) electrons. The van der Waals surface area contributed by atoms with Crippen LogP contribution in [-0.2, 0) is 18.3 Å². The smallest absolute Gasteiger partial charge is 0.191 e. The molecule has 9 heteroatoms. The highest BCUT2D eigenvalue weighted by Crippen LogP contribution is 2.06. The third kappa shape index (κ3) is 12.0. The van der Waals surface area contributed by atoms with Crippen molar-refractivity contribution in [2.24, 2.45) is 12.0 Å². The molecular formula is C22H44IN7O. The van der Waals surface area contributed by atoms with Gasteiger partial charge in [-0.3, -0.25) is 4.90 Å². The fourth-order valence-corrected chi connectivity index (χ4v) is 3.54. The van der Waals surface area contributed by atoms with Gasteiger partial charge in [0.1, 0.15) is 12.4 Å². The Morgan fingerprint density at radius 1 is 0.968 bits per heavy atom. The van der Waals surface area contributed by atoms with Crippen LogP contribution < -0.4 is 10.6 Å². The van der Waals surface area contributed by atoms with Crippen LogP contribution in [0.25, 0.3) is 0 Å². The summed E-state index contributed by atoms with van der Waals surface area (Å²) in [7, 11) is 1.99. The summed E-state index contributed by atoms with van der Waals surface area (Å²) in [5.41, 5.74) is 0. The van der Waals surface area contributed by atoms with Crippen molar-refractivity contribution in [1.29, 1.82) is 0 Å². The second-order valence-electron chi connectivity index (χ2n) is 8.17. The van der Waals surface area contributed by atoms with Crippen LogP contribution in [0.15, 0.2) is 4.99 Å². The average molecular weight is 550 g/mol. The highest BCUT2D eigenvalue weighted by atomic mass is 127. The molecule has 0 spiro atoms. The standard InChI is InChI=1S/C22H43N7O.HI/c1-4-5-6-7-8-9-10-12-23-22(25-19-21-27-26-20(2)28(21)3)24-13-11-14-29-15-17-30-18-16-29;/h4-19H2,1-3H3,(H2,23,24,25);1H. The summed E-state index contributed by atoms with van der Waals surface area (Å²) in [5.74, 6) is 2.68. The van der Waals surface area contributed by atoms with Crippen LogP contribution in [-0.4, -0.2) is 71.6 Å². The molecular weight excluding hydrogens is 505 g/mol. The quantitative estimate of drug-likeness (QED) is 0.161. The van der Waals surface area contributed by atoms with Crippen LogP contribution in [0.2, 0.25) is 0 Å². The minimum atomic E-state index is 0. The van der Waals surface area contributed by atoms with Crippen molar-refractivity contribution in [1.82, 2.24) is 30.3 Å². The molecule has 1 aromatic rings. The molecule has 0 aliphatic carbocycles. The lowest BCUT2D eigenvalue weighted by Gasteiger charge is -2.26. The summed E-state index contributed by atoms with van der Waals surface area (Å²) >= 11 is 0. The molecule has 1 aromatic heterocycles. The van der Waals surface area contributed by atoms with Crippen molar-refractivity contribution >= 4 is 29.9 Å². The lowest BCUT2D eigenvalue weighted by Crippen LogP contribution is -2.41. The first kappa shape index (κ1) is 28.1. The Kier molecular flexibility index (Phi) is 15.9. The predicted octanol–water partition coefficient (Wildman–Crippen LogP) is 3.25. The van der Waals surface area contributed by atoms with Crippen LogP contribution in [0.3, 0.4) is 0 Å². The number of aryl methyl sites for hydroxylation is 1. The Hall–Kier alpha value is -0.940. The molecule has 2 N–H and O–H groups in total. The first-order valence-electron chi connectivity index (χ1n) is 11.9. The summed E-state index contributed by atoms with van der Waals surface area (Å²) in [6.07, 6.45) is 10.3. The van der Waals surface area contributed by atoms with E-state index >= 15 is 0 Å². The van der Waals surface area contributed by atoms with Gasteiger partial charge in [-0.15, -0.1) is 34.2 Å². The third-order valence-corrected chi connectivity index (χ3v) is 5.68. The van der Waals surface area contributed by atoms with Crippen LogP contribution in [0.5, 0.6) is 0 Å². The van der Waals surface area contributed by atoms with Gasteiger partial charge in [0.05, 0.1) is 13.2 Å². The molecule has 31 heavy (non-hydrogen) atoms. The summed E-state index contributed by atoms with van der Waals surface area (Å²) in [6, 6.07) is 0. The Morgan fingerprint density at radius 3 is 2.26 bits per heavy atom. The second-order valence-corrected chi connectivity index (χ2v) is 8.17. The SMILES string of the molecule is CCCCCCCCCNC(=NCc1nnc(C)n1C)NCCCN1CCOCC1.I. The van der Waals surface area contributed by atoms with E-state index in [0.29, 0.717) is 6.54 Å². The molecule has 0 aromatic carbocycles. The Morgan fingerprint density at radius 2 is 1.61 bits per heavy atom. The van der Waals surface area contributed by atoms with E-state index in [0.717, 1.165) is 70.0 Å². The van der Waals surface area contributed by atoms with Gasteiger partial charge >= 0.3 is 0 Å². The number of nitrogens with one attached hydrogen (secondary N) is 2. The fraction of sp³-hybridized carbons (Fsp3) is 0.864. The Bertz CT molecular complexity index is 603. The molecule has 1 aliphatic rings. The van der Waals surface area contributed by atoms with Gasteiger partial charge in [-0.2, -0.15) is 0 Å². The summed E-state index contributed by atoms with van der Waals surface area (Å²) in [6.45, 7) is 11.5. The molecule has 2 heterocycles. The van der Waals surface area contributed by atoms with Crippen molar-refractivity contribution in [3.63, 3.8) is 0 Å². The van der Waals surface area contributed by atoms with Gasteiger partial charge in [-0.1, -0.05) is 45.4 Å². The van der Waals surface area contributed by atoms with Crippen molar-refractivity contribution in [2.75, 3.05) is 45.9 Å². The van der Waals surface area contributed by atoms with E-state index in [-0.39, 0.29) is 24.0 Å². The second kappa shape index (κ2) is 17.6. The van der Waals surface area contributed by atoms with E-state index in [9.17, 15) is 0 Å². The zero-order chi connectivity index (χ0) is 21.4. The fourth-order valence-electron chi connectivity index (χ4n) is 3.54. The highest BCUT2D eigenvalue weighted by molar-refractivity contribution is 14.0. The number of morpholine rings is 1. The van der Waals surface area contributed by atoms with Crippen molar-refractivity contribution < 1.29 is 4.74 Å². The first-order valence-corrected chi connectivity index (χ1v) is 11.9. The molecule has 0 amide bonds. The Labute approximate surface area is 206 Å². The number of ether oxygens (including phenoxy) is 1. The van der Waals surface area contributed by atoms with Gasteiger partial charge in [0.2, 0.25) is 0 Å². The molecule has 2 rings (SSSR count). The molecule has 0 bridgehead atoms. The molecule has 180 valence electrons. The molecule has 1 fully saturated rings. The predicted molar refractivity (Wildman–Crippen MR) is 138 cm³/mol. The van der Waals surface area contributed by atoms with Gasteiger partial charge in [-0.25, -0.2) is 4.99 Å². The maximum atomic E-state index is 5.42. The van der Waals surface area contributed by atoms with Crippen LogP contribution in [0.1, 0.15) is 69.9 Å². The maximum Gasteiger partial charge on any atom is 0.191 e. The summed E-state index contributed by atoms with van der Waals surface area (Å²) in [4.78, 5) is 7.22. The molecule has 1 aliphatic heterocycles. The topological polar surface area (TPSA) is 79.6 Å². The van der Waals surface area contributed by atoms with Gasteiger partial charge in [0.25, 0.3) is 0 Å². The normalized spacial score (nSPS) is 15.0. The van der Waals surface area contributed by atoms with E-state index in [4.69, 9.17) is 9.73 Å². The van der Waals surface area contributed by atoms with Gasteiger partial charge in [0, 0.05) is 33.2 Å². The number of hydrogen-bond donors (Lipinski definition) is 2. The van der Waals surface area contributed by atoms with Crippen molar-refractivity contribution in [3.8, 4) is 0 Å². The average Bonchev–Trinajstić information content (AvgIpc) is 3.09. The minimum absolute atomic E-state index is 0. The number of aliphatic imine (C=N–C) groups is 1. The highest BCUT2D eigenvalue weighted by Gasteiger charge is 2.09. The van der Waals surface area contributed by atoms with Gasteiger partial charge in [0.15, 0.2) is 11.8 Å². The minimum Gasteiger partial charge on any atom is -0.379 e. The zero-order valence-electron chi connectivity index (χ0n) is 19.9. The van der Waals surface area contributed by atoms with Crippen molar-refractivity contribution in [3.05, 3.63) is 11.6 Å². The summed E-state index contributed by atoms with van der Waals surface area (Å²) < 4.78 is 7.42. The number of halogens is 1. The van der Waals surface area contributed by atoms with E-state index in [1.807, 2.05) is 18.5 Å². The van der Waals surface area contributed by atoms with Crippen LogP contribution >= 0.6 is 24.0 Å². The monoisotopic (exact) mass is 549 g/mol. The molecule has 0 unspecified atom stereocenters. The van der Waals surface area contributed by atoms with E-state index < -0.39 is 0 Å².